The maximum Gasteiger partial charge on any atom is 0.0509 e. The number of hydrogen-bond acceptors (Lipinski definition) is 2. The molecule has 0 aliphatic heterocycles. The van der Waals surface area contributed by atoms with Gasteiger partial charge >= 0.3 is 0 Å². The molecule has 10 heavy (non-hydrogen) atoms. The second-order valence-corrected chi connectivity index (χ2v) is 2.30. The van der Waals surface area contributed by atoms with E-state index in [1.165, 1.54) is 0 Å². The van der Waals surface area contributed by atoms with Crippen molar-refractivity contribution in [2.75, 3.05) is 13.6 Å². The van der Waals surface area contributed by atoms with Gasteiger partial charge < -0.3 is 0 Å². The fourth-order valence-electron chi connectivity index (χ4n) is 0.789. The van der Waals surface area contributed by atoms with Gasteiger partial charge in [-0.25, -0.2) is 0 Å². The molecular formula is C7H17N3. The minimum atomic E-state index is 0.508. The van der Waals surface area contributed by atoms with E-state index in [-0.39, 0.29) is 0 Å². The molecule has 0 aromatic rings. The second-order valence-electron chi connectivity index (χ2n) is 2.30. The monoisotopic (exact) mass is 143 g/mol. The second kappa shape index (κ2) is 5.21. The summed E-state index contributed by atoms with van der Waals surface area (Å²) in [4.78, 5) is 0. The molecule has 0 saturated carbocycles. The van der Waals surface area contributed by atoms with Gasteiger partial charge in [0.25, 0.3) is 0 Å². The average molecular weight is 143 g/mol. The highest BCUT2D eigenvalue weighted by molar-refractivity contribution is 4.57. The van der Waals surface area contributed by atoms with Crippen LogP contribution in [-0.2, 0) is 0 Å². The molecule has 0 bridgehead atoms. The lowest BCUT2D eigenvalue weighted by atomic mass is 10.2. The zero-order valence-electron chi connectivity index (χ0n) is 7.33. The van der Waals surface area contributed by atoms with Crippen LogP contribution in [0.5, 0.6) is 0 Å². The molecule has 0 radical (unpaired) electrons. The molecule has 0 aliphatic carbocycles. The van der Waals surface area contributed by atoms with Crippen LogP contribution < -0.4 is 0 Å². The normalized spacial score (nSPS) is 14.0. The van der Waals surface area contributed by atoms with Crippen molar-refractivity contribution >= 4 is 0 Å². The zero-order chi connectivity index (χ0) is 7.98. The minimum Gasteiger partial charge on any atom is -0.276 e. The molecule has 0 spiro atoms. The van der Waals surface area contributed by atoms with Gasteiger partial charge in [0.15, 0.2) is 0 Å². The molecule has 0 saturated heterocycles. The molecule has 3 nitrogen and oxygen atoms in total. The lowest BCUT2D eigenvalue weighted by Crippen LogP contribution is -2.26. The summed E-state index contributed by atoms with van der Waals surface area (Å²) < 4.78 is 0. The highest BCUT2D eigenvalue weighted by Crippen LogP contribution is 2.02. The first-order chi connectivity index (χ1) is 4.76. The molecule has 60 valence electrons. The summed E-state index contributed by atoms with van der Waals surface area (Å²) in [5.74, 6) is 0. The summed E-state index contributed by atoms with van der Waals surface area (Å²) in [6.07, 6.45) is 1.12. The average Bonchev–Trinajstić information content (AvgIpc) is 1.99. The van der Waals surface area contributed by atoms with Crippen molar-refractivity contribution in [3.8, 4) is 0 Å². The van der Waals surface area contributed by atoms with Crippen LogP contribution in [0.4, 0.5) is 0 Å². The number of rotatable bonds is 4. The summed E-state index contributed by atoms with van der Waals surface area (Å²) in [6.45, 7) is 7.32. The van der Waals surface area contributed by atoms with E-state index in [0.29, 0.717) is 6.04 Å². The standard InChI is InChI=1S/C7H17N3/c1-5-7(3)10(6-2)9-8-4/h7H,5-6H2,1-4H3. The Morgan fingerprint density at radius 2 is 2.00 bits per heavy atom. The van der Waals surface area contributed by atoms with E-state index in [4.69, 9.17) is 0 Å². The molecule has 1 atom stereocenters. The third kappa shape index (κ3) is 2.80. The third-order valence-corrected chi connectivity index (χ3v) is 1.63. The Hall–Kier alpha value is -0.600. The van der Waals surface area contributed by atoms with E-state index in [1.807, 2.05) is 5.01 Å². The van der Waals surface area contributed by atoms with Gasteiger partial charge in [-0.05, 0) is 20.3 Å². The molecule has 1 unspecified atom stereocenters. The fourth-order valence-corrected chi connectivity index (χ4v) is 0.789. The molecule has 3 heteroatoms. The molecule has 0 aromatic carbocycles. The van der Waals surface area contributed by atoms with Crippen molar-refractivity contribution in [3.05, 3.63) is 0 Å². The topological polar surface area (TPSA) is 28.0 Å². The van der Waals surface area contributed by atoms with Crippen molar-refractivity contribution in [2.24, 2.45) is 10.3 Å². The summed E-state index contributed by atoms with van der Waals surface area (Å²) in [7, 11) is 1.70. The number of hydrogen-bond donors (Lipinski definition) is 0. The van der Waals surface area contributed by atoms with Crippen LogP contribution in [0.1, 0.15) is 27.2 Å². The van der Waals surface area contributed by atoms with Crippen LogP contribution in [0, 0.1) is 0 Å². The Morgan fingerprint density at radius 1 is 1.40 bits per heavy atom. The Labute approximate surface area is 63.1 Å². The van der Waals surface area contributed by atoms with E-state index < -0.39 is 0 Å². The van der Waals surface area contributed by atoms with E-state index >= 15 is 0 Å². The highest BCUT2D eigenvalue weighted by Gasteiger charge is 2.05. The molecule has 0 rings (SSSR count). The van der Waals surface area contributed by atoms with Gasteiger partial charge in [0, 0.05) is 12.6 Å². The first-order valence-corrected chi connectivity index (χ1v) is 3.82. The van der Waals surface area contributed by atoms with Gasteiger partial charge in [-0.2, -0.15) is 5.11 Å². The van der Waals surface area contributed by atoms with Gasteiger partial charge in [0.2, 0.25) is 0 Å². The van der Waals surface area contributed by atoms with Crippen LogP contribution in [0.25, 0.3) is 0 Å². The fraction of sp³-hybridized carbons (Fsp3) is 1.00. The minimum absolute atomic E-state index is 0.508. The summed E-state index contributed by atoms with van der Waals surface area (Å²) in [6, 6.07) is 0.508. The Morgan fingerprint density at radius 3 is 2.30 bits per heavy atom. The van der Waals surface area contributed by atoms with Gasteiger partial charge in [-0.15, -0.1) is 0 Å². The van der Waals surface area contributed by atoms with Gasteiger partial charge in [0.05, 0.1) is 7.05 Å². The maximum atomic E-state index is 3.97. The van der Waals surface area contributed by atoms with Crippen LogP contribution in [0.3, 0.4) is 0 Å². The van der Waals surface area contributed by atoms with Crippen molar-refractivity contribution in [1.82, 2.24) is 5.01 Å². The van der Waals surface area contributed by atoms with Crippen LogP contribution in [0.15, 0.2) is 10.3 Å². The predicted octanol–water partition coefficient (Wildman–Crippen LogP) is 2.10. The van der Waals surface area contributed by atoms with Crippen LogP contribution >= 0.6 is 0 Å². The molecule has 0 aliphatic rings. The van der Waals surface area contributed by atoms with E-state index in [1.54, 1.807) is 7.05 Å². The van der Waals surface area contributed by atoms with Gasteiger partial charge in [-0.1, -0.05) is 12.1 Å². The largest absolute Gasteiger partial charge is 0.276 e. The zero-order valence-corrected chi connectivity index (χ0v) is 7.33. The van der Waals surface area contributed by atoms with Crippen molar-refractivity contribution < 1.29 is 0 Å². The predicted molar refractivity (Wildman–Crippen MR) is 42.9 cm³/mol. The Kier molecular flexibility index (Phi) is 4.89. The molecule has 0 aromatic heterocycles. The molecular weight excluding hydrogens is 126 g/mol. The van der Waals surface area contributed by atoms with Crippen molar-refractivity contribution in [1.29, 1.82) is 0 Å². The van der Waals surface area contributed by atoms with Crippen LogP contribution in [-0.4, -0.2) is 24.6 Å². The quantitative estimate of drug-likeness (QED) is 0.437. The number of nitrogens with zero attached hydrogens (tertiary/aromatic N) is 3. The lowest BCUT2D eigenvalue weighted by Gasteiger charge is -2.21. The lowest BCUT2D eigenvalue weighted by molar-refractivity contribution is 0.208. The molecule has 0 amide bonds. The molecule has 0 heterocycles. The first-order valence-electron chi connectivity index (χ1n) is 3.82. The maximum absolute atomic E-state index is 3.97. The van der Waals surface area contributed by atoms with Crippen molar-refractivity contribution in [3.63, 3.8) is 0 Å². The smallest absolute Gasteiger partial charge is 0.0509 e. The highest BCUT2D eigenvalue weighted by atomic mass is 15.5. The summed E-state index contributed by atoms with van der Waals surface area (Å²) in [5, 5.41) is 9.68. The van der Waals surface area contributed by atoms with Crippen LogP contribution in [0.2, 0.25) is 0 Å². The van der Waals surface area contributed by atoms with Gasteiger partial charge in [0.1, 0.15) is 0 Å². The molecule has 0 N–H and O–H groups in total. The summed E-state index contributed by atoms with van der Waals surface area (Å²) in [5.41, 5.74) is 0. The van der Waals surface area contributed by atoms with E-state index in [2.05, 4.69) is 31.1 Å². The first kappa shape index (κ1) is 9.40. The van der Waals surface area contributed by atoms with Gasteiger partial charge in [-0.3, -0.25) is 5.01 Å². The Balaban J connectivity index is 3.79. The SMILES string of the molecule is CCC(C)N(CC)N=NC. The van der Waals surface area contributed by atoms with Crippen molar-refractivity contribution in [2.45, 2.75) is 33.2 Å². The third-order valence-electron chi connectivity index (χ3n) is 1.63. The molecule has 0 fully saturated rings. The summed E-state index contributed by atoms with van der Waals surface area (Å²) >= 11 is 0. The van der Waals surface area contributed by atoms with E-state index in [9.17, 15) is 0 Å². The van der Waals surface area contributed by atoms with E-state index in [0.717, 1.165) is 13.0 Å². The Bertz CT molecular complexity index is 101.